The minimum Gasteiger partial charge on any atom is -0.484 e. The lowest BCUT2D eigenvalue weighted by molar-refractivity contribution is -0.164. The highest BCUT2D eigenvalue weighted by molar-refractivity contribution is 5.85. The van der Waals surface area contributed by atoms with Gasteiger partial charge in [-0.2, -0.15) is 0 Å². The average molecular weight is 344 g/mol. The Morgan fingerprint density at radius 1 is 1.24 bits per heavy atom. The molecule has 132 valence electrons. The van der Waals surface area contributed by atoms with Crippen LogP contribution in [-0.4, -0.2) is 22.8 Å². The smallest absolute Gasteiger partial charge is 0.336 e. The van der Waals surface area contributed by atoms with Crippen molar-refractivity contribution in [3.05, 3.63) is 51.9 Å². The Labute approximate surface area is 144 Å². The number of carbonyl (C=O) groups is 1. The second kappa shape index (κ2) is 6.04. The molecule has 2 aromatic rings. The van der Waals surface area contributed by atoms with Crippen molar-refractivity contribution in [2.75, 3.05) is 0 Å². The van der Waals surface area contributed by atoms with Gasteiger partial charge >= 0.3 is 11.6 Å². The molecule has 2 atom stereocenters. The minimum absolute atomic E-state index is 0.245. The van der Waals surface area contributed by atoms with Gasteiger partial charge in [0.1, 0.15) is 23.0 Å². The third-order valence-corrected chi connectivity index (χ3v) is 4.09. The van der Waals surface area contributed by atoms with Crippen LogP contribution in [0.25, 0.3) is 11.0 Å². The van der Waals surface area contributed by atoms with Gasteiger partial charge in [-0.05, 0) is 45.9 Å². The molecule has 0 amide bonds. The fourth-order valence-corrected chi connectivity index (χ4v) is 2.88. The predicted octanol–water partition coefficient (Wildman–Crippen LogP) is 2.88. The first-order valence-electron chi connectivity index (χ1n) is 7.98. The number of allylic oxidation sites excluding steroid dienone is 1. The summed E-state index contributed by atoms with van der Waals surface area (Å²) in [7, 11) is 0. The first-order chi connectivity index (χ1) is 11.7. The molecular weight excluding hydrogens is 324 g/mol. The van der Waals surface area contributed by atoms with E-state index in [9.17, 15) is 14.7 Å². The highest BCUT2D eigenvalue weighted by atomic mass is 16.6. The molecule has 1 aromatic carbocycles. The molecule has 0 fully saturated rings. The Bertz CT molecular complexity index is 917. The largest absolute Gasteiger partial charge is 0.484 e. The van der Waals surface area contributed by atoms with E-state index in [4.69, 9.17) is 13.9 Å². The average Bonchev–Trinajstić information content (AvgIpc) is 2.50. The lowest BCUT2D eigenvalue weighted by Crippen LogP contribution is -2.49. The van der Waals surface area contributed by atoms with Gasteiger partial charge in [-0.15, -0.1) is 0 Å². The molecule has 1 aromatic heterocycles. The number of esters is 1. The molecule has 6 heteroatoms. The molecule has 0 bridgehead atoms. The van der Waals surface area contributed by atoms with Crippen LogP contribution in [0.1, 0.15) is 39.4 Å². The number of aliphatic hydroxyl groups is 1. The predicted molar refractivity (Wildman–Crippen MR) is 91.5 cm³/mol. The SMILES string of the molecule is CC(C)=CC(=O)O[C@H]1c2c(ccc3ccc(=O)oc23)OC(C)(C)[C@@H]1O. The van der Waals surface area contributed by atoms with Crippen LogP contribution in [0.15, 0.2) is 45.1 Å². The molecule has 0 spiro atoms. The van der Waals surface area contributed by atoms with Crippen LogP contribution >= 0.6 is 0 Å². The molecular formula is C19H20O6. The van der Waals surface area contributed by atoms with E-state index in [1.54, 1.807) is 45.9 Å². The van der Waals surface area contributed by atoms with Gasteiger partial charge in [0.2, 0.25) is 0 Å². The van der Waals surface area contributed by atoms with Gasteiger partial charge in [0.05, 0.1) is 5.56 Å². The Balaban J connectivity index is 2.20. The lowest BCUT2D eigenvalue weighted by atomic mass is 9.87. The third kappa shape index (κ3) is 3.17. The van der Waals surface area contributed by atoms with Crippen LogP contribution in [-0.2, 0) is 9.53 Å². The highest BCUT2D eigenvalue weighted by Gasteiger charge is 2.46. The van der Waals surface area contributed by atoms with Crippen molar-refractivity contribution in [3.8, 4) is 5.75 Å². The van der Waals surface area contributed by atoms with Crippen molar-refractivity contribution in [2.45, 2.75) is 45.5 Å². The number of rotatable bonds is 2. The van der Waals surface area contributed by atoms with E-state index in [1.807, 2.05) is 0 Å². The fourth-order valence-electron chi connectivity index (χ4n) is 2.88. The first-order valence-corrected chi connectivity index (χ1v) is 7.98. The van der Waals surface area contributed by atoms with Gasteiger partial charge in [-0.1, -0.05) is 5.57 Å². The molecule has 0 saturated carbocycles. The molecule has 3 rings (SSSR count). The molecule has 1 aliphatic heterocycles. The number of ether oxygens (including phenoxy) is 2. The maximum Gasteiger partial charge on any atom is 0.336 e. The van der Waals surface area contributed by atoms with E-state index in [1.165, 1.54) is 12.1 Å². The molecule has 2 heterocycles. The van der Waals surface area contributed by atoms with Gasteiger partial charge in [-0.3, -0.25) is 0 Å². The summed E-state index contributed by atoms with van der Waals surface area (Å²) in [5, 5.41) is 11.4. The van der Waals surface area contributed by atoms with Crippen LogP contribution in [0.5, 0.6) is 5.75 Å². The zero-order chi connectivity index (χ0) is 18.4. The second-order valence-electron chi connectivity index (χ2n) is 6.88. The maximum atomic E-state index is 12.1. The number of hydrogen-bond acceptors (Lipinski definition) is 6. The second-order valence-corrected chi connectivity index (χ2v) is 6.88. The van der Waals surface area contributed by atoms with Crippen molar-refractivity contribution in [1.29, 1.82) is 0 Å². The molecule has 0 radical (unpaired) electrons. The topological polar surface area (TPSA) is 86.0 Å². The maximum absolute atomic E-state index is 12.1. The molecule has 1 aliphatic rings. The highest BCUT2D eigenvalue weighted by Crippen LogP contribution is 2.45. The standard InChI is InChI=1S/C19H20O6/c1-10(2)9-14(21)24-17-15-12(25-19(3,4)18(17)22)7-5-11-6-8-13(20)23-16(11)15/h5-9,17-18,22H,1-4H3/t17-,18+/m0/s1. The summed E-state index contributed by atoms with van der Waals surface area (Å²) in [4.78, 5) is 23.8. The van der Waals surface area contributed by atoms with Crippen molar-refractivity contribution >= 4 is 16.9 Å². The van der Waals surface area contributed by atoms with Crippen LogP contribution in [0.3, 0.4) is 0 Å². The number of carbonyl (C=O) groups excluding carboxylic acids is 1. The van der Waals surface area contributed by atoms with Gasteiger partial charge in [-0.25, -0.2) is 9.59 Å². The van der Waals surface area contributed by atoms with E-state index >= 15 is 0 Å². The van der Waals surface area contributed by atoms with Crippen molar-refractivity contribution < 1.29 is 23.8 Å². The van der Waals surface area contributed by atoms with Gasteiger partial charge in [0.25, 0.3) is 0 Å². The van der Waals surface area contributed by atoms with Crippen LogP contribution in [0.4, 0.5) is 0 Å². The number of fused-ring (bicyclic) bond motifs is 3. The zero-order valence-corrected chi connectivity index (χ0v) is 14.5. The Morgan fingerprint density at radius 3 is 2.60 bits per heavy atom. The third-order valence-electron chi connectivity index (χ3n) is 4.09. The van der Waals surface area contributed by atoms with Gasteiger partial charge < -0.3 is 19.0 Å². The van der Waals surface area contributed by atoms with E-state index in [2.05, 4.69) is 0 Å². The Hall–Kier alpha value is -2.60. The number of aliphatic hydroxyl groups excluding tert-OH is 1. The van der Waals surface area contributed by atoms with Crippen LogP contribution in [0.2, 0.25) is 0 Å². The van der Waals surface area contributed by atoms with Crippen molar-refractivity contribution in [3.63, 3.8) is 0 Å². The molecule has 25 heavy (non-hydrogen) atoms. The monoisotopic (exact) mass is 344 g/mol. The molecule has 0 aliphatic carbocycles. The quantitative estimate of drug-likeness (QED) is 0.512. The lowest BCUT2D eigenvalue weighted by Gasteiger charge is -2.41. The van der Waals surface area contributed by atoms with Crippen LogP contribution < -0.4 is 10.4 Å². The Kier molecular flexibility index (Phi) is 4.16. The molecule has 1 N–H and O–H groups in total. The van der Waals surface area contributed by atoms with E-state index in [0.717, 1.165) is 5.57 Å². The van der Waals surface area contributed by atoms with Gasteiger partial charge in [0, 0.05) is 17.5 Å². The summed E-state index contributed by atoms with van der Waals surface area (Å²) in [6.07, 6.45) is -0.808. The summed E-state index contributed by atoms with van der Waals surface area (Å²) in [5.74, 6) is -0.171. The van der Waals surface area contributed by atoms with E-state index < -0.39 is 29.4 Å². The summed E-state index contributed by atoms with van der Waals surface area (Å²) in [6, 6.07) is 6.39. The summed E-state index contributed by atoms with van der Waals surface area (Å²) < 4.78 is 16.7. The summed E-state index contributed by atoms with van der Waals surface area (Å²) in [5.41, 5.74) is -0.136. The number of benzene rings is 1. The zero-order valence-electron chi connectivity index (χ0n) is 14.5. The molecule has 0 saturated heterocycles. The normalized spacial score (nSPS) is 21.2. The van der Waals surface area contributed by atoms with Crippen LogP contribution in [0, 0.1) is 0 Å². The van der Waals surface area contributed by atoms with E-state index in [-0.39, 0.29) is 5.58 Å². The number of hydrogen-bond donors (Lipinski definition) is 1. The summed E-state index contributed by atoms with van der Waals surface area (Å²) >= 11 is 0. The van der Waals surface area contributed by atoms with Crippen molar-refractivity contribution in [2.24, 2.45) is 0 Å². The Morgan fingerprint density at radius 2 is 1.92 bits per heavy atom. The van der Waals surface area contributed by atoms with Gasteiger partial charge in [0.15, 0.2) is 6.10 Å². The first kappa shape index (κ1) is 17.2. The summed E-state index contributed by atoms with van der Waals surface area (Å²) in [6.45, 7) is 6.95. The van der Waals surface area contributed by atoms with E-state index in [0.29, 0.717) is 16.7 Å². The molecule has 6 nitrogen and oxygen atoms in total. The fraction of sp³-hybridized carbons (Fsp3) is 0.368. The minimum atomic E-state index is -1.13. The molecule has 0 unspecified atom stereocenters. The van der Waals surface area contributed by atoms with Crippen molar-refractivity contribution in [1.82, 2.24) is 0 Å².